The Morgan fingerprint density at radius 3 is 2.82 bits per heavy atom. The van der Waals surface area contributed by atoms with Crippen LogP contribution in [-0.4, -0.2) is 28.0 Å². The van der Waals surface area contributed by atoms with Crippen LogP contribution in [0.5, 0.6) is 0 Å². The maximum Gasteiger partial charge on any atom is 0.287 e. The summed E-state index contributed by atoms with van der Waals surface area (Å²) in [5, 5.41) is 13.3. The van der Waals surface area contributed by atoms with E-state index in [1.165, 1.54) is 16.8 Å². The van der Waals surface area contributed by atoms with E-state index in [9.17, 15) is 14.9 Å². The average molecular weight is 240 g/mol. The van der Waals surface area contributed by atoms with E-state index in [0.29, 0.717) is 13.1 Å². The second-order valence-corrected chi connectivity index (χ2v) is 3.74. The zero-order chi connectivity index (χ0) is 13.0. The predicted octanol–water partition coefficient (Wildman–Crippen LogP) is 0.493. The van der Waals surface area contributed by atoms with E-state index in [1.807, 2.05) is 6.92 Å². The molecule has 0 unspecified atom stereocenters. The second kappa shape index (κ2) is 5.44. The Morgan fingerprint density at radius 2 is 2.35 bits per heavy atom. The third-order valence-electron chi connectivity index (χ3n) is 2.40. The number of carbonyl (C=O) groups excluding carboxylic acids is 1. The molecule has 0 aromatic carbocycles. The molecule has 1 amide bonds. The van der Waals surface area contributed by atoms with Gasteiger partial charge in [-0.1, -0.05) is 0 Å². The van der Waals surface area contributed by atoms with Crippen molar-refractivity contribution in [1.82, 2.24) is 9.88 Å². The Bertz CT molecular complexity index is 427. The molecule has 0 aliphatic heterocycles. The summed E-state index contributed by atoms with van der Waals surface area (Å²) < 4.78 is 1.54. The van der Waals surface area contributed by atoms with E-state index in [-0.39, 0.29) is 23.3 Å². The Balaban J connectivity index is 2.95. The van der Waals surface area contributed by atoms with Crippen molar-refractivity contribution in [2.75, 3.05) is 6.54 Å². The molecule has 1 atom stereocenters. The van der Waals surface area contributed by atoms with Gasteiger partial charge in [0.25, 0.3) is 11.6 Å². The number of aryl methyl sites for hydroxylation is 1. The van der Waals surface area contributed by atoms with Crippen LogP contribution in [0.4, 0.5) is 5.69 Å². The lowest BCUT2D eigenvalue weighted by Gasteiger charge is -2.11. The molecule has 1 rings (SSSR count). The van der Waals surface area contributed by atoms with Crippen molar-refractivity contribution in [3.63, 3.8) is 0 Å². The number of nitro groups is 1. The molecule has 0 bridgehead atoms. The Labute approximate surface area is 98.7 Å². The molecule has 0 radical (unpaired) electrons. The molecule has 0 aliphatic rings. The summed E-state index contributed by atoms with van der Waals surface area (Å²) in [6, 6.07) is 1.10. The molecule has 1 heterocycles. The van der Waals surface area contributed by atoms with Gasteiger partial charge in [0.2, 0.25) is 0 Å². The van der Waals surface area contributed by atoms with Crippen molar-refractivity contribution in [1.29, 1.82) is 0 Å². The van der Waals surface area contributed by atoms with Crippen LogP contribution in [0.3, 0.4) is 0 Å². The molecule has 0 aliphatic carbocycles. The fourth-order valence-electron chi connectivity index (χ4n) is 1.40. The van der Waals surface area contributed by atoms with Crippen LogP contribution in [-0.2, 0) is 6.54 Å². The van der Waals surface area contributed by atoms with Crippen molar-refractivity contribution >= 4 is 11.6 Å². The second-order valence-electron chi connectivity index (χ2n) is 3.74. The first-order valence-electron chi connectivity index (χ1n) is 5.35. The molecule has 3 N–H and O–H groups in total. The maximum absolute atomic E-state index is 11.8. The normalized spacial score (nSPS) is 12.2. The number of nitrogens with zero attached hydrogens (tertiary/aromatic N) is 2. The van der Waals surface area contributed by atoms with Gasteiger partial charge in [0.05, 0.1) is 11.1 Å². The third-order valence-corrected chi connectivity index (χ3v) is 2.40. The Morgan fingerprint density at radius 1 is 1.71 bits per heavy atom. The molecule has 0 spiro atoms. The SMILES string of the molecule is CCn1cc([N+](=O)[O-])cc1C(=O)N[C@H](C)CN. The van der Waals surface area contributed by atoms with Crippen molar-refractivity contribution in [3.8, 4) is 0 Å². The summed E-state index contributed by atoms with van der Waals surface area (Å²) in [6.45, 7) is 4.40. The Kier molecular flexibility index (Phi) is 4.22. The first-order valence-corrected chi connectivity index (χ1v) is 5.35. The van der Waals surface area contributed by atoms with Crippen LogP contribution in [0, 0.1) is 10.1 Å². The van der Waals surface area contributed by atoms with Crippen LogP contribution in [0.25, 0.3) is 0 Å². The number of nitrogens with one attached hydrogen (secondary N) is 1. The lowest BCUT2D eigenvalue weighted by atomic mass is 10.3. The monoisotopic (exact) mass is 240 g/mol. The van der Waals surface area contributed by atoms with Crippen molar-refractivity contribution < 1.29 is 9.72 Å². The van der Waals surface area contributed by atoms with Gasteiger partial charge >= 0.3 is 0 Å². The van der Waals surface area contributed by atoms with Gasteiger partial charge in [0, 0.05) is 25.2 Å². The first-order chi connectivity index (χ1) is 7.99. The zero-order valence-electron chi connectivity index (χ0n) is 9.84. The molecular formula is C10H16N4O3. The number of carbonyl (C=O) groups is 1. The number of hydrogen-bond acceptors (Lipinski definition) is 4. The van der Waals surface area contributed by atoms with E-state index < -0.39 is 4.92 Å². The van der Waals surface area contributed by atoms with Crippen LogP contribution in [0.15, 0.2) is 12.3 Å². The molecule has 17 heavy (non-hydrogen) atoms. The van der Waals surface area contributed by atoms with Crippen molar-refractivity contribution in [3.05, 3.63) is 28.1 Å². The number of aromatic nitrogens is 1. The minimum absolute atomic E-state index is 0.0857. The quantitative estimate of drug-likeness (QED) is 0.577. The van der Waals surface area contributed by atoms with Gasteiger partial charge in [-0.3, -0.25) is 14.9 Å². The molecular weight excluding hydrogens is 224 g/mol. The predicted molar refractivity (Wildman–Crippen MR) is 62.7 cm³/mol. The van der Waals surface area contributed by atoms with E-state index in [2.05, 4.69) is 5.32 Å². The molecule has 94 valence electrons. The van der Waals surface area contributed by atoms with Gasteiger partial charge in [-0.15, -0.1) is 0 Å². The van der Waals surface area contributed by atoms with Gasteiger partial charge in [0.15, 0.2) is 0 Å². The zero-order valence-corrected chi connectivity index (χ0v) is 9.84. The van der Waals surface area contributed by atoms with E-state index in [4.69, 9.17) is 5.73 Å². The summed E-state index contributed by atoms with van der Waals surface area (Å²) in [5.41, 5.74) is 5.58. The summed E-state index contributed by atoms with van der Waals surface area (Å²) >= 11 is 0. The fourth-order valence-corrected chi connectivity index (χ4v) is 1.40. The molecule has 7 heteroatoms. The van der Waals surface area contributed by atoms with Gasteiger partial charge in [-0.25, -0.2) is 0 Å². The van der Waals surface area contributed by atoms with E-state index in [1.54, 1.807) is 6.92 Å². The van der Waals surface area contributed by atoms with E-state index in [0.717, 1.165) is 0 Å². The highest BCUT2D eigenvalue weighted by Gasteiger charge is 2.19. The maximum atomic E-state index is 11.8. The van der Waals surface area contributed by atoms with Gasteiger partial charge < -0.3 is 15.6 Å². The third kappa shape index (κ3) is 3.04. The fraction of sp³-hybridized carbons (Fsp3) is 0.500. The lowest BCUT2D eigenvalue weighted by Crippen LogP contribution is -2.38. The van der Waals surface area contributed by atoms with E-state index >= 15 is 0 Å². The smallest absolute Gasteiger partial charge is 0.287 e. The molecule has 0 saturated carbocycles. The van der Waals surface area contributed by atoms with Crippen LogP contribution in [0.1, 0.15) is 24.3 Å². The van der Waals surface area contributed by atoms with Gasteiger partial charge in [-0.05, 0) is 13.8 Å². The summed E-state index contributed by atoms with van der Waals surface area (Å²) in [7, 11) is 0. The molecule has 0 saturated heterocycles. The van der Waals surface area contributed by atoms with Crippen molar-refractivity contribution in [2.45, 2.75) is 26.4 Å². The topological polar surface area (TPSA) is 103 Å². The lowest BCUT2D eigenvalue weighted by molar-refractivity contribution is -0.384. The standard InChI is InChI=1S/C10H16N4O3/c1-3-13-6-8(14(16)17)4-9(13)10(15)12-7(2)5-11/h4,6-7H,3,5,11H2,1-2H3,(H,12,15)/t7-/m1/s1. The molecule has 1 aromatic rings. The van der Waals surface area contributed by atoms with Crippen LogP contribution < -0.4 is 11.1 Å². The van der Waals surface area contributed by atoms with Gasteiger partial charge in [-0.2, -0.15) is 0 Å². The number of rotatable bonds is 5. The highest BCUT2D eigenvalue weighted by atomic mass is 16.6. The molecule has 0 fully saturated rings. The Hall–Kier alpha value is -1.89. The molecule has 1 aromatic heterocycles. The first kappa shape index (κ1) is 13.2. The van der Waals surface area contributed by atoms with Gasteiger partial charge in [0.1, 0.15) is 5.69 Å². The summed E-state index contributed by atoms with van der Waals surface area (Å²) in [4.78, 5) is 21.9. The minimum Gasteiger partial charge on any atom is -0.347 e. The largest absolute Gasteiger partial charge is 0.347 e. The highest BCUT2D eigenvalue weighted by Crippen LogP contribution is 2.16. The summed E-state index contributed by atoms with van der Waals surface area (Å²) in [5.74, 6) is -0.349. The van der Waals surface area contributed by atoms with Crippen LogP contribution in [0.2, 0.25) is 0 Å². The summed E-state index contributed by atoms with van der Waals surface area (Å²) in [6.07, 6.45) is 1.35. The highest BCUT2D eigenvalue weighted by molar-refractivity contribution is 5.93. The number of hydrogen-bond donors (Lipinski definition) is 2. The molecule has 7 nitrogen and oxygen atoms in total. The van der Waals surface area contributed by atoms with Crippen LogP contribution >= 0.6 is 0 Å². The van der Waals surface area contributed by atoms with Crippen molar-refractivity contribution in [2.24, 2.45) is 5.73 Å². The number of amides is 1. The number of nitrogens with two attached hydrogens (primary N) is 1. The average Bonchev–Trinajstić information content (AvgIpc) is 2.72. The minimum atomic E-state index is -0.519.